The van der Waals surface area contributed by atoms with E-state index in [4.69, 9.17) is 4.74 Å². The summed E-state index contributed by atoms with van der Waals surface area (Å²) in [5.74, 6) is 0.333. The molecule has 0 bridgehead atoms. The predicted octanol–water partition coefficient (Wildman–Crippen LogP) is 1.62. The zero-order chi connectivity index (χ0) is 16.4. The van der Waals surface area contributed by atoms with Gasteiger partial charge >= 0.3 is 0 Å². The Morgan fingerprint density at radius 1 is 1.26 bits per heavy atom. The number of piperazine rings is 1. The van der Waals surface area contributed by atoms with Crippen molar-refractivity contribution in [1.82, 2.24) is 9.62 Å². The van der Waals surface area contributed by atoms with Crippen molar-refractivity contribution in [3.05, 3.63) is 47.3 Å². The van der Waals surface area contributed by atoms with Gasteiger partial charge < -0.3 is 10.1 Å². The first-order chi connectivity index (χ1) is 11.0. The van der Waals surface area contributed by atoms with Crippen LogP contribution in [0.25, 0.3) is 0 Å². The smallest absolute Gasteiger partial charge is 0.253 e. The normalized spacial score (nSPS) is 19.3. The average Bonchev–Trinajstić information content (AvgIpc) is 3.10. The standard InChI is InChI=1S/C15H16N2O4S2/c1-21-12-6-4-11(5-7-12)14-15(18)16-8-9-17(14)23(19,20)13-3-2-10-22-13/h2-7,10,14H,8-9H2,1H3,(H,16,18). The van der Waals surface area contributed by atoms with Gasteiger partial charge in [0.1, 0.15) is 16.0 Å². The van der Waals surface area contributed by atoms with Gasteiger partial charge in [0.2, 0.25) is 5.91 Å². The number of rotatable bonds is 4. The molecular weight excluding hydrogens is 336 g/mol. The predicted molar refractivity (Wildman–Crippen MR) is 87.0 cm³/mol. The van der Waals surface area contributed by atoms with Crippen LogP contribution < -0.4 is 10.1 Å². The van der Waals surface area contributed by atoms with E-state index in [0.717, 1.165) is 11.3 Å². The number of ether oxygens (including phenoxy) is 1. The Morgan fingerprint density at radius 3 is 2.61 bits per heavy atom. The number of nitrogens with one attached hydrogen (secondary N) is 1. The van der Waals surface area contributed by atoms with Crippen LogP contribution in [0, 0.1) is 0 Å². The van der Waals surface area contributed by atoms with E-state index in [1.807, 2.05) is 0 Å². The molecule has 8 heteroatoms. The second-order valence-corrected chi connectivity index (χ2v) is 8.08. The van der Waals surface area contributed by atoms with Crippen LogP contribution in [0.4, 0.5) is 0 Å². The molecule has 6 nitrogen and oxygen atoms in total. The molecule has 1 fully saturated rings. The summed E-state index contributed by atoms with van der Waals surface area (Å²) < 4.78 is 32.3. The summed E-state index contributed by atoms with van der Waals surface area (Å²) in [5.41, 5.74) is 0.614. The lowest BCUT2D eigenvalue weighted by atomic mass is 10.0. The zero-order valence-corrected chi connectivity index (χ0v) is 14.1. The second-order valence-electron chi connectivity index (χ2n) is 5.01. The maximum absolute atomic E-state index is 12.8. The van der Waals surface area contributed by atoms with Crippen LogP contribution in [0.2, 0.25) is 0 Å². The van der Waals surface area contributed by atoms with Crippen LogP contribution in [0.1, 0.15) is 11.6 Å². The Bertz CT molecular complexity index is 785. The highest BCUT2D eigenvalue weighted by atomic mass is 32.2. The van der Waals surface area contributed by atoms with Crippen molar-refractivity contribution >= 4 is 27.3 Å². The molecule has 1 aromatic carbocycles. The third-order valence-corrected chi connectivity index (χ3v) is 6.89. The highest BCUT2D eigenvalue weighted by Gasteiger charge is 2.39. The number of thiophene rings is 1. The van der Waals surface area contributed by atoms with Crippen LogP contribution in [-0.4, -0.2) is 38.8 Å². The minimum absolute atomic E-state index is 0.239. The van der Waals surface area contributed by atoms with Crippen LogP contribution in [0.15, 0.2) is 46.0 Å². The van der Waals surface area contributed by atoms with E-state index >= 15 is 0 Å². The zero-order valence-electron chi connectivity index (χ0n) is 12.4. The monoisotopic (exact) mass is 352 g/mol. The first-order valence-corrected chi connectivity index (χ1v) is 9.33. The van der Waals surface area contributed by atoms with E-state index in [1.54, 1.807) is 48.9 Å². The van der Waals surface area contributed by atoms with Crippen molar-refractivity contribution < 1.29 is 17.9 Å². The molecule has 0 radical (unpaired) electrons. The number of sulfonamides is 1. The molecule has 2 heterocycles. The number of amides is 1. The molecule has 122 valence electrons. The van der Waals surface area contributed by atoms with Crippen molar-refractivity contribution in [2.24, 2.45) is 0 Å². The Kier molecular flexibility index (Phi) is 4.38. The highest BCUT2D eigenvalue weighted by Crippen LogP contribution is 2.32. The molecule has 0 saturated carbocycles. The van der Waals surface area contributed by atoms with Gasteiger partial charge in [-0.1, -0.05) is 18.2 Å². The topological polar surface area (TPSA) is 75.7 Å². The van der Waals surface area contributed by atoms with Gasteiger partial charge in [-0.05, 0) is 29.1 Å². The number of hydrogen-bond donors (Lipinski definition) is 1. The number of benzene rings is 1. The van der Waals surface area contributed by atoms with E-state index < -0.39 is 16.1 Å². The minimum Gasteiger partial charge on any atom is -0.497 e. The minimum atomic E-state index is -3.70. The molecule has 1 amide bonds. The maximum Gasteiger partial charge on any atom is 0.253 e. The molecule has 0 aliphatic carbocycles. The fraction of sp³-hybridized carbons (Fsp3) is 0.267. The number of carbonyl (C=O) groups excluding carboxylic acids is 1. The molecule has 23 heavy (non-hydrogen) atoms. The van der Waals surface area contributed by atoms with Crippen molar-refractivity contribution in [2.45, 2.75) is 10.3 Å². The summed E-state index contributed by atoms with van der Waals surface area (Å²) in [6.07, 6.45) is 0. The lowest BCUT2D eigenvalue weighted by molar-refractivity contribution is -0.126. The maximum atomic E-state index is 12.8. The Morgan fingerprint density at radius 2 is 2.00 bits per heavy atom. The quantitative estimate of drug-likeness (QED) is 0.907. The molecule has 1 unspecified atom stereocenters. The van der Waals surface area contributed by atoms with Crippen LogP contribution in [-0.2, 0) is 14.8 Å². The Balaban J connectivity index is 2.01. The van der Waals surface area contributed by atoms with E-state index in [-0.39, 0.29) is 16.7 Å². The molecular formula is C15H16N2O4S2. The van der Waals surface area contributed by atoms with E-state index in [0.29, 0.717) is 17.9 Å². The van der Waals surface area contributed by atoms with Crippen molar-refractivity contribution in [1.29, 1.82) is 0 Å². The third kappa shape index (κ3) is 2.97. The molecule has 3 rings (SSSR count). The van der Waals surface area contributed by atoms with Crippen LogP contribution in [0.5, 0.6) is 5.75 Å². The van der Waals surface area contributed by atoms with Gasteiger partial charge in [-0.15, -0.1) is 11.3 Å². The molecule has 1 saturated heterocycles. The second kappa shape index (κ2) is 6.31. The van der Waals surface area contributed by atoms with Gasteiger partial charge in [0.25, 0.3) is 10.0 Å². The van der Waals surface area contributed by atoms with E-state index in [1.165, 1.54) is 4.31 Å². The molecule has 1 aromatic heterocycles. The van der Waals surface area contributed by atoms with E-state index in [9.17, 15) is 13.2 Å². The largest absolute Gasteiger partial charge is 0.497 e. The number of carbonyl (C=O) groups is 1. The van der Waals surface area contributed by atoms with Crippen LogP contribution in [0.3, 0.4) is 0 Å². The van der Waals surface area contributed by atoms with Gasteiger partial charge in [-0.2, -0.15) is 4.31 Å². The fourth-order valence-electron chi connectivity index (χ4n) is 2.53. The molecule has 2 aromatic rings. The van der Waals surface area contributed by atoms with Crippen LogP contribution >= 0.6 is 11.3 Å². The SMILES string of the molecule is COc1ccc(C2C(=O)NCCN2S(=O)(=O)c2cccs2)cc1. The first kappa shape index (κ1) is 16.0. The molecule has 0 spiro atoms. The third-order valence-electron chi connectivity index (χ3n) is 3.66. The summed E-state index contributed by atoms with van der Waals surface area (Å²) >= 11 is 1.15. The highest BCUT2D eigenvalue weighted by molar-refractivity contribution is 7.91. The van der Waals surface area contributed by atoms with Gasteiger partial charge in [0.05, 0.1) is 7.11 Å². The number of hydrogen-bond acceptors (Lipinski definition) is 5. The van der Waals surface area contributed by atoms with Gasteiger partial charge in [-0.3, -0.25) is 4.79 Å². The van der Waals surface area contributed by atoms with Gasteiger partial charge in [-0.25, -0.2) is 8.42 Å². The van der Waals surface area contributed by atoms with Crippen molar-refractivity contribution in [2.75, 3.05) is 20.2 Å². The summed E-state index contributed by atoms with van der Waals surface area (Å²) in [6, 6.07) is 9.22. The number of nitrogens with zero attached hydrogens (tertiary/aromatic N) is 1. The van der Waals surface area contributed by atoms with Crippen molar-refractivity contribution in [3.8, 4) is 5.75 Å². The average molecular weight is 352 g/mol. The fourth-order valence-corrected chi connectivity index (χ4v) is 5.23. The summed E-state index contributed by atoms with van der Waals surface area (Å²) in [5, 5.41) is 4.44. The Labute approximate surface area is 138 Å². The summed E-state index contributed by atoms with van der Waals surface area (Å²) in [4.78, 5) is 12.3. The lowest BCUT2D eigenvalue weighted by Crippen LogP contribution is -2.51. The molecule has 1 aliphatic rings. The van der Waals surface area contributed by atoms with Crippen molar-refractivity contribution in [3.63, 3.8) is 0 Å². The van der Waals surface area contributed by atoms with Gasteiger partial charge in [0, 0.05) is 13.1 Å². The Hall–Kier alpha value is -1.90. The molecule has 1 aliphatic heterocycles. The summed E-state index contributed by atoms with van der Waals surface area (Å²) in [6.45, 7) is 0.540. The molecule has 1 atom stereocenters. The van der Waals surface area contributed by atoms with E-state index in [2.05, 4.69) is 5.32 Å². The van der Waals surface area contributed by atoms with Gasteiger partial charge in [0.15, 0.2) is 0 Å². The lowest BCUT2D eigenvalue weighted by Gasteiger charge is -2.33. The molecule has 1 N–H and O–H groups in total. The summed E-state index contributed by atoms with van der Waals surface area (Å²) in [7, 11) is -2.15. The first-order valence-electron chi connectivity index (χ1n) is 7.01. The number of methoxy groups -OCH3 is 1.